The Morgan fingerprint density at radius 1 is 1.47 bits per heavy atom. The highest BCUT2D eigenvalue weighted by atomic mass is 79.9. The summed E-state index contributed by atoms with van der Waals surface area (Å²) in [6, 6.07) is 0. The number of aromatic nitrogens is 6. The van der Waals surface area contributed by atoms with Gasteiger partial charge in [-0.1, -0.05) is 21.1 Å². The zero-order valence-electron chi connectivity index (χ0n) is 8.34. The van der Waals surface area contributed by atoms with Crippen molar-refractivity contribution in [3.63, 3.8) is 0 Å². The lowest BCUT2D eigenvalue weighted by Gasteiger charge is -1.98. The Morgan fingerprint density at radius 2 is 2.33 bits per heavy atom. The summed E-state index contributed by atoms with van der Waals surface area (Å²) < 4.78 is 3.49. The van der Waals surface area contributed by atoms with E-state index in [4.69, 9.17) is 0 Å². The summed E-state index contributed by atoms with van der Waals surface area (Å²) in [6.07, 6.45) is 4.35. The minimum Gasteiger partial charge on any atom is -0.251 e. The molecule has 2 rings (SSSR count). The highest BCUT2D eigenvalue weighted by Gasteiger charge is 2.04. The first-order valence-electron chi connectivity index (χ1n) is 4.57. The Morgan fingerprint density at radius 3 is 3.00 bits per heavy atom. The Hall–Kier alpha value is -1.24. The van der Waals surface area contributed by atoms with Crippen LogP contribution in [0.4, 0.5) is 0 Å². The first-order valence-corrected chi connectivity index (χ1v) is 5.69. The van der Waals surface area contributed by atoms with Crippen molar-refractivity contribution < 1.29 is 0 Å². The molecule has 0 saturated heterocycles. The lowest BCUT2D eigenvalue weighted by atomic mass is 10.4. The molecule has 2 aromatic rings. The van der Waals surface area contributed by atoms with Crippen molar-refractivity contribution in [3.8, 4) is 0 Å². The van der Waals surface area contributed by atoms with Crippen molar-refractivity contribution in [1.82, 2.24) is 29.8 Å². The van der Waals surface area contributed by atoms with Crippen LogP contribution in [0.25, 0.3) is 0 Å². The monoisotopic (exact) mass is 270 g/mol. The lowest BCUT2D eigenvalue weighted by Crippen LogP contribution is -2.07. The van der Waals surface area contributed by atoms with Crippen LogP contribution in [0.5, 0.6) is 0 Å². The molecule has 0 aromatic carbocycles. The highest BCUT2D eigenvalue weighted by Crippen LogP contribution is 2.00. The quantitative estimate of drug-likeness (QED) is 0.755. The third-order valence-corrected chi connectivity index (χ3v) is 2.44. The number of hydrogen-bond donors (Lipinski definition) is 0. The van der Waals surface area contributed by atoms with Crippen LogP contribution in [0.1, 0.15) is 11.5 Å². The molecule has 0 aliphatic carbocycles. The van der Waals surface area contributed by atoms with Crippen LogP contribution >= 0.6 is 15.9 Å². The summed E-state index contributed by atoms with van der Waals surface area (Å²) in [5.41, 5.74) is 0.981. The fourth-order valence-electron chi connectivity index (χ4n) is 1.24. The van der Waals surface area contributed by atoms with E-state index >= 15 is 0 Å². The second-order valence-electron chi connectivity index (χ2n) is 3.15. The molecular formula is C8H11BrN6. The molecule has 0 bridgehead atoms. The largest absolute Gasteiger partial charge is 0.251 e. The zero-order chi connectivity index (χ0) is 10.7. The molecule has 2 aromatic heterocycles. The maximum Gasteiger partial charge on any atom is 0.148 e. The van der Waals surface area contributed by atoms with Crippen molar-refractivity contribution in [2.75, 3.05) is 5.33 Å². The normalized spacial score (nSPS) is 10.8. The predicted octanol–water partition coefficient (Wildman–Crippen LogP) is 0.392. The summed E-state index contributed by atoms with van der Waals surface area (Å²) in [4.78, 5) is 4.12. The molecule has 0 saturated carbocycles. The molecule has 6 nitrogen and oxygen atoms in total. The molecule has 0 fully saturated rings. The second kappa shape index (κ2) is 4.52. The predicted molar refractivity (Wildman–Crippen MR) is 57.6 cm³/mol. The van der Waals surface area contributed by atoms with Crippen LogP contribution in [-0.4, -0.2) is 35.1 Å². The van der Waals surface area contributed by atoms with Gasteiger partial charge in [-0.05, 0) is 0 Å². The molecule has 7 heteroatoms. The number of aryl methyl sites for hydroxylation is 2. The molecule has 80 valence electrons. The average molecular weight is 271 g/mol. The Balaban J connectivity index is 2.08. The van der Waals surface area contributed by atoms with Crippen LogP contribution in [0.2, 0.25) is 0 Å². The number of rotatable bonds is 4. The van der Waals surface area contributed by atoms with Crippen molar-refractivity contribution in [2.24, 2.45) is 7.05 Å². The molecule has 0 N–H and O–H groups in total. The van der Waals surface area contributed by atoms with Gasteiger partial charge >= 0.3 is 0 Å². The molecule has 2 heterocycles. The van der Waals surface area contributed by atoms with E-state index in [2.05, 4.69) is 36.3 Å². The van der Waals surface area contributed by atoms with Crippen molar-refractivity contribution in [2.45, 2.75) is 13.0 Å². The summed E-state index contributed by atoms with van der Waals surface area (Å²) in [6.45, 7) is 0.603. The van der Waals surface area contributed by atoms with E-state index in [0.29, 0.717) is 6.54 Å². The summed E-state index contributed by atoms with van der Waals surface area (Å²) >= 11 is 3.36. The van der Waals surface area contributed by atoms with E-state index in [9.17, 15) is 0 Å². The van der Waals surface area contributed by atoms with Gasteiger partial charge in [-0.2, -0.15) is 5.10 Å². The summed E-state index contributed by atoms with van der Waals surface area (Å²) in [5.74, 6) is 0.866. The van der Waals surface area contributed by atoms with E-state index in [1.165, 1.54) is 6.33 Å². The van der Waals surface area contributed by atoms with Gasteiger partial charge in [0.05, 0.1) is 5.69 Å². The van der Waals surface area contributed by atoms with Crippen LogP contribution < -0.4 is 0 Å². The van der Waals surface area contributed by atoms with Gasteiger partial charge < -0.3 is 0 Å². The summed E-state index contributed by atoms with van der Waals surface area (Å²) in [7, 11) is 1.86. The minimum absolute atomic E-state index is 0.603. The van der Waals surface area contributed by atoms with Crippen LogP contribution in [0.15, 0.2) is 12.5 Å². The molecule has 0 aliphatic heterocycles. The molecule has 0 aliphatic rings. The van der Waals surface area contributed by atoms with E-state index in [-0.39, 0.29) is 0 Å². The number of halogens is 1. The van der Waals surface area contributed by atoms with Crippen molar-refractivity contribution in [1.29, 1.82) is 0 Å². The van der Waals surface area contributed by atoms with Crippen LogP contribution in [0.3, 0.4) is 0 Å². The number of hydrogen-bond acceptors (Lipinski definition) is 4. The molecule has 0 unspecified atom stereocenters. The molecule has 0 spiro atoms. The molecule has 0 amide bonds. The maximum absolute atomic E-state index is 4.12. The van der Waals surface area contributed by atoms with Crippen molar-refractivity contribution in [3.05, 3.63) is 24.0 Å². The van der Waals surface area contributed by atoms with Gasteiger partial charge in [0.15, 0.2) is 0 Å². The number of alkyl halides is 1. The van der Waals surface area contributed by atoms with E-state index in [0.717, 1.165) is 23.3 Å². The van der Waals surface area contributed by atoms with Gasteiger partial charge in [0.25, 0.3) is 0 Å². The van der Waals surface area contributed by atoms with E-state index in [1.807, 2.05) is 13.2 Å². The van der Waals surface area contributed by atoms with Gasteiger partial charge in [0.1, 0.15) is 18.7 Å². The van der Waals surface area contributed by atoms with Gasteiger partial charge in [0, 0.05) is 25.0 Å². The van der Waals surface area contributed by atoms with Crippen molar-refractivity contribution >= 4 is 15.9 Å². The fourth-order valence-corrected chi connectivity index (χ4v) is 1.64. The van der Waals surface area contributed by atoms with Gasteiger partial charge in [0.2, 0.25) is 0 Å². The first kappa shape index (κ1) is 10.3. The first-order chi connectivity index (χ1) is 7.29. The van der Waals surface area contributed by atoms with Crippen LogP contribution in [0, 0.1) is 0 Å². The molecular weight excluding hydrogens is 260 g/mol. The Kier molecular flexibility index (Phi) is 3.10. The average Bonchev–Trinajstić information content (AvgIpc) is 2.79. The Bertz CT molecular complexity index is 434. The van der Waals surface area contributed by atoms with Gasteiger partial charge in [-0.25, -0.2) is 9.67 Å². The summed E-state index contributed by atoms with van der Waals surface area (Å²) in [5, 5.41) is 12.9. The minimum atomic E-state index is 0.603. The fraction of sp³-hybridized carbons (Fsp3) is 0.500. The van der Waals surface area contributed by atoms with Gasteiger partial charge in [-0.3, -0.25) is 4.68 Å². The molecule has 0 radical (unpaired) electrons. The highest BCUT2D eigenvalue weighted by molar-refractivity contribution is 9.09. The SMILES string of the molecule is Cn1ncnc1Cn1cc(CCBr)nn1. The lowest BCUT2D eigenvalue weighted by molar-refractivity contribution is 0.589. The Labute approximate surface area is 95.4 Å². The van der Waals surface area contributed by atoms with Gasteiger partial charge in [-0.15, -0.1) is 5.10 Å². The van der Waals surface area contributed by atoms with Crippen LogP contribution in [-0.2, 0) is 20.0 Å². The molecule has 0 atom stereocenters. The second-order valence-corrected chi connectivity index (χ2v) is 3.94. The smallest absolute Gasteiger partial charge is 0.148 e. The topological polar surface area (TPSA) is 61.4 Å². The number of nitrogens with zero attached hydrogens (tertiary/aromatic N) is 6. The molecule has 15 heavy (non-hydrogen) atoms. The van der Waals surface area contributed by atoms with E-state index < -0.39 is 0 Å². The van der Waals surface area contributed by atoms with E-state index in [1.54, 1.807) is 9.36 Å². The third kappa shape index (κ3) is 2.41. The standard InChI is InChI=1S/C8H11BrN6/c1-14-8(10-6-11-14)5-15-4-7(2-3-9)12-13-15/h4,6H,2-3,5H2,1H3. The third-order valence-electron chi connectivity index (χ3n) is 2.05. The zero-order valence-corrected chi connectivity index (χ0v) is 9.92. The maximum atomic E-state index is 4.12.